The van der Waals surface area contributed by atoms with Gasteiger partial charge >= 0.3 is 0 Å². The van der Waals surface area contributed by atoms with E-state index in [9.17, 15) is 4.79 Å². The van der Waals surface area contributed by atoms with E-state index in [1.807, 2.05) is 0 Å². The number of halogens is 1. The van der Waals surface area contributed by atoms with Crippen LogP contribution in [-0.2, 0) is 9.53 Å². The molecule has 1 fully saturated rings. The van der Waals surface area contributed by atoms with E-state index in [1.54, 1.807) is 18.2 Å². The van der Waals surface area contributed by atoms with Gasteiger partial charge in [0, 0.05) is 16.6 Å². The minimum atomic E-state index is -0.431. The first kappa shape index (κ1) is 13.8. The normalized spacial score (nSPS) is 19.4. The van der Waals surface area contributed by atoms with Gasteiger partial charge in [-0.1, -0.05) is 21.1 Å². The molecular weight excluding hydrogens is 314 g/mol. The lowest BCUT2D eigenvalue weighted by Gasteiger charge is -2.13. The van der Waals surface area contributed by atoms with Crippen LogP contribution in [0.15, 0.2) is 27.8 Å². The molecule has 0 aromatic heterocycles. The number of nitrogens with zero attached hydrogens (tertiary/aromatic N) is 1. The smallest absolute Gasteiger partial charge is 0.253 e. The summed E-state index contributed by atoms with van der Waals surface area (Å²) < 4.78 is 6.09. The van der Waals surface area contributed by atoms with Gasteiger partial charge in [0.2, 0.25) is 0 Å². The number of nitrogens with one attached hydrogen (secondary N) is 1. The highest BCUT2D eigenvalue weighted by molar-refractivity contribution is 9.10. The van der Waals surface area contributed by atoms with Gasteiger partial charge in [-0.05, 0) is 31.0 Å². The number of anilines is 1. The molecule has 0 bridgehead atoms. The largest absolute Gasteiger partial charge is 0.409 e. The Hall–Kier alpha value is -1.60. The second-order valence-electron chi connectivity index (χ2n) is 4.17. The van der Waals surface area contributed by atoms with Crippen molar-refractivity contribution in [1.29, 1.82) is 0 Å². The van der Waals surface area contributed by atoms with Crippen LogP contribution >= 0.6 is 15.9 Å². The van der Waals surface area contributed by atoms with Crippen molar-refractivity contribution in [2.45, 2.75) is 18.9 Å². The van der Waals surface area contributed by atoms with Crippen LogP contribution in [0.3, 0.4) is 0 Å². The number of carbonyl (C=O) groups excluding carboxylic acids is 1. The molecule has 1 aromatic rings. The maximum atomic E-state index is 12.0. The number of amidine groups is 1. The van der Waals surface area contributed by atoms with Gasteiger partial charge in [-0.2, -0.15) is 0 Å². The predicted molar refractivity (Wildman–Crippen MR) is 74.3 cm³/mol. The Bertz CT molecular complexity index is 513. The Balaban J connectivity index is 2.22. The van der Waals surface area contributed by atoms with E-state index in [2.05, 4.69) is 26.4 Å². The number of rotatable bonds is 3. The molecule has 7 heteroatoms. The minimum absolute atomic E-state index is 0.0601. The summed E-state index contributed by atoms with van der Waals surface area (Å²) in [5, 5.41) is 14.4. The van der Waals surface area contributed by atoms with Crippen LogP contribution in [-0.4, -0.2) is 29.7 Å². The van der Waals surface area contributed by atoms with Crippen LogP contribution in [0, 0.1) is 0 Å². The molecule has 2 rings (SSSR count). The third-order valence-electron chi connectivity index (χ3n) is 2.85. The van der Waals surface area contributed by atoms with Crippen LogP contribution in [0.5, 0.6) is 0 Å². The van der Waals surface area contributed by atoms with Crippen molar-refractivity contribution in [3.05, 3.63) is 28.2 Å². The van der Waals surface area contributed by atoms with Gasteiger partial charge in [-0.15, -0.1) is 0 Å². The van der Waals surface area contributed by atoms with Gasteiger partial charge in [0.05, 0.1) is 5.69 Å². The Labute approximate surface area is 118 Å². The van der Waals surface area contributed by atoms with Crippen molar-refractivity contribution >= 4 is 33.4 Å². The van der Waals surface area contributed by atoms with Crippen molar-refractivity contribution in [2.75, 3.05) is 11.9 Å². The summed E-state index contributed by atoms with van der Waals surface area (Å²) in [6.07, 6.45) is 1.15. The fourth-order valence-corrected chi connectivity index (χ4v) is 2.26. The Morgan fingerprint density at radius 3 is 3.00 bits per heavy atom. The SMILES string of the molecule is N/C(=N/O)c1ccc(Br)cc1NC(=O)C1CCCO1. The number of ether oxygens (including phenoxy) is 1. The highest BCUT2D eigenvalue weighted by Crippen LogP contribution is 2.23. The quantitative estimate of drug-likeness (QED) is 0.340. The van der Waals surface area contributed by atoms with Crippen LogP contribution < -0.4 is 11.1 Å². The van der Waals surface area contributed by atoms with Crippen LogP contribution in [0.1, 0.15) is 18.4 Å². The molecule has 0 saturated carbocycles. The number of oxime groups is 1. The highest BCUT2D eigenvalue weighted by Gasteiger charge is 2.24. The van der Waals surface area contributed by atoms with E-state index >= 15 is 0 Å². The van der Waals surface area contributed by atoms with Gasteiger partial charge in [-0.3, -0.25) is 4.79 Å². The van der Waals surface area contributed by atoms with Crippen molar-refractivity contribution < 1.29 is 14.7 Å². The first-order valence-electron chi connectivity index (χ1n) is 5.81. The molecule has 1 saturated heterocycles. The highest BCUT2D eigenvalue weighted by atomic mass is 79.9. The van der Waals surface area contributed by atoms with Crippen molar-refractivity contribution in [2.24, 2.45) is 10.9 Å². The molecule has 1 heterocycles. The number of carbonyl (C=O) groups is 1. The third-order valence-corrected chi connectivity index (χ3v) is 3.34. The van der Waals surface area contributed by atoms with Crippen molar-refractivity contribution in [3.8, 4) is 0 Å². The molecule has 0 aliphatic carbocycles. The molecule has 1 aliphatic heterocycles. The number of amides is 1. The number of hydrogen-bond acceptors (Lipinski definition) is 4. The standard InChI is InChI=1S/C12H14BrN3O3/c13-7-3-4-8(11(14)16-18)9(6-7)15-12(17)10-2-1-5-19-10/h3-4,6,10,18H,1-2,5H2,(H2,14,16)(H,15,17). The average molecular weight is 328 g/mol. The average Bonchev–Trinajstić information content (AvgIpc) is 2.92. The van der Waals surface area contributed by atoms with Crippen LogP contribution in [0.2, 0.25) is 0 Å². The van der Waals surface area contributed by atoms with E-state index in [0.29, 0.717) is 24.3 Å². The van der Waals surface area contributed by atoms with Crippen LogP contribution in [0.25, 0.3) is 0 Å². The summed E-state index contributed by atoms with van der Waals surface area (Å²) in [6, 6.07) is 5.10. The summed E-state index contributed by atoms with van der Waals surface area (Å²) in [6.45, 7) is 0.601. The Kier molecular flexibility index (Phi) is 4.39. The molecule has 19 heavy (non-hydrogen) atoms. The summed E-state index contributed by atoms with van der Waals surface area (Å²) in [7, 11) is 0. The predicted octanol–water partition coefficient (Wildman–Crippen LogP) is 1.66. The molecule has 1 unspecified atom stereocenters. The second kappa shape index (κ2) is 6.03. The molecule has 1 aromatic carbocycles. The Morgan fingerprint density at radius 1 is 1.58 bits per heavy atom. The lowest BCUT2D eigenvalue weighted by Crippen LogP contribution is -2.28. The molecule has 6 nitrogen and oxygen atoms in total. The molecular formula is C12H14BrN3O3. The summed E-state index contributed by atoms with van der Waals surface area (Å²) in [5.74, 6) is -0.280. The van der Waals surface area contributed by atoms with Gasteiger partial charge in [0.15, 0.2) is 5.84 Å². The lowest BCUT2D eigenvalue weighted by molar-refractivity contribution is -0.124. The monoisotopic (exact) mass is 327 g/mol. The van der Waals surface area contributed by atoms with Crippen molar-refractivity contribution in [1.82, 2.24) is 0 Å². The van der Waals surface area contributed by atoms with Crippen molar-refractivity contribution in [3.63, 3.8) is 0 Å². The molecule has 0 spiro atoms. The molecule has 0 radical (unpaired) electrons. The maximum Gasteiger partial charge on any atom is 0.253 e. The fraction of sp³-hybridized carbons (Fsp3) is 0.333. The van der Waals surface area contributed by atoms with E-state index < -0.39 is 6.10 Å². The fourth-order valence-electron chi connectivity index (χ4n) is 1.89. The van der Waals surface area contributed by atoms with E-state index in [4.69, 9.17) is 15.7 Å². The molecule has 1 aliphatic rings. The van der Waals surface area contributed by atoms with Gasteiger partial charge in [0.1, 0.15) is 6.10 Å². The van der Waals surface area contributed by atoms with E-state index in [1.165, 1.54) is 0 Å². The number of hydrogen-bond donors (Lipinski definition) is 3. The first-order chi connectivity index (χ1) is 9.11. The summed E-state index contributed by atoms with van der Waals surface area (Å²) >= 11 is 3.32. The molecule has 1 atom stereocenters. The van der Waals surface area contributed by atoms with Gasteiger partial charge in [-0.25, -0.2) is 0 Å². The van der Waals surface area contributed by atoms with Crippen LogP contribution in [0.4, 0.5) is 5.69 Å². The minimum Gasteiger partial charge on any atom is -0.409 e. The second-order valence-corrected chi connectivity index (χ2v) is 5.08. The zero-order valence-corrected chi connectivity index (χ0v) is 11.7. The van der Waals surface area contributed by atoms with E-state index in [0.717, 1.165) is 10.9 Å². The first-order valence-corrected chi connectivity index (χ1v) is 6.61. The zero-order valence-electron chi connectivity index (χ0n) is 10.1. The lowest BCUT2D eigenvalue weighted by atomic mass is 10.1. The summed E-state index contributed by atoms with van der Waals surface area (Å²) in [4.78, 5) is 12.0. The molecule has 1 amide bonds. The van der Waals surface area contributed by atoms with E-state index in [-0.39, 0.29) is 11.7 Å². The topological polar surface area (TPSA) is 96.9 Å². The summed E-state index contributed by atoms with van der Waals surface area (Å²) in [5.41, 5.74) is 6.51. The Morgan fingerprint density at radius 2 is 2.37 bits per heavy atom. The van der Waals surface area contributed by atoms with Gasteiger partial charge in [0.25, 0.3) is 5.91 Å². The number of benzene rings is 1. The number of nitrogens with two attached hydrogens (primary N) is 1. The maximum absolute atomic E-state index is 12.0. The molecule has 4 N–H and O–H groups in total. The van der Waals surface area contributed by atoms with Gasteiger partial charge < -0.3 is 21.0 Å². The third kappa shape index (κ3) is 3.24. The molecule has 102 valence electrons. The zero-order chi connectivity index (χ0) is 13.8.